The molecule has 0 aliphatic carbocycles. The second-order valence-electron chi connectivity index (χ2n) is 5.06. The van der Waals surface area contributed by atoms with Gasteiger partial charge < -0.3 is 9.64 Å². The van der Waals surface area contributed by atoms with E-state index in [9.17, 15) is 4.79 Å². The number of carbonyl (C=O) groups is 1. The summed E-state index contributed by atoms with van der Waals surface area (Å²) in [6, 6.07) is 16.6. The van der Waals surface area contributed by atoms with E-state index in [2.05, 4.69) is 6.07 Å². The summed E-state index contributed by atoms with van der Waals surface area (Å²) >= 11 is 0. The third-order valence-electron chi connectivity index (χ3n) is 3.66. The van der Waals surface area contributed by atoms with Crippen LogP contribution in [0.15, 0.2) is 48.5 Å². The van der Waals surface area contributed by atoms with Crippen LogP contribution in [0.2, 0.25) is 0 Å². The molecule has 0 radical (unpaired) electrons. The summed E-state index contributed by atoms with van der Waals surface area (Å²) in [5, 5.41) is 9.09. The lowest BCUT2D eigenvalue weighted by Crippen LogP contribution is -2.30. The lowest BCUT2D eigenvalue weighted by atomic mass is 10.1. The van der Waals surface area contributed by atoms with E-state index >= 15 is 0 Å². The van der Waals surface area contributed by atoms with Gasteiger partial charge in [0.15, 0.2) is 0 Å². The van der Waals surface area contributed by atoms with Crippen molar-refractivity contribution in [1.29, 1.82) is 5.26 Å². The molecule has 2 aromatic rings. The van der Waals surface area contributed by atoms with Crippen LogP contribution < -0.4 is 4.74 Å². The quantitative estimate of drug-likeness (QED) is 0.819. The molecule has 0 aromatic heterocycles. The molecule has 0 heterocycles. The summed E-state index contributed by atoms with van der Waals surface area (Å²) in [5.41, 5.74) is 2.04. The molecule has 0 saturated heterocycles. The Balaban J connectivity index is 2.12. The standard InChI is InChI=1S/C19H20N2O2/c1-3-21(4-2)19(22)15-10-7-11-18(12-15)23-14-17-9-6-5-8-16(17)13-20/h5-12H,3-4,14H2,1-2H3. The van der Waals surface area contributed by atoms with Crippen LogP contribution in [0.1, 0.15) is 35.3 Å². The Labute approximate surface area is 136 Å². The van der Waals surface area contributed by atoms with Crippen LogP contribution >= 0.6 is 0 Å². The molecule has 0 unspecified atom stereocenters. The number of amides is 1. The van der Waals surface area contributed by atoms with E-state index in [-0.39, 0.29) is 5.91 Å². The second-order valence-corrected chi connectivity index (χ2v) is 5.06. The van der Waals surface area contributed by atoms with Gasteiger partial charge in [-0.2, -0.15) is 5.26 Å². The third kappa shape index (κ3) is 4.10. The number of hydrogen-bond acceptors (Lipinski definition) is 3. The van der Waals surface area contributed by atoms with Gasteiger partial charge in [-0.1, -0.05) is 24.3 Å². The molecule has 0 spiro atoms. The first kappa shape index (κ1) is 16.6. The minimum absolute atomic E-state index is 0.00197. The van der Waals surface area contributed by atoms with Crippen LogP contribution in [-0.4, -0.2) is 23.9 Å². The molecule has 4 heteroatoms. The average Bonchev–Trinajstić information content (AvgIpc) is 2.61. The van der Waals surface area contributed by atoms with E-state index in [0.717, 1.165) is 5.56 Å². The van der Waals surface area contributed by atoms with Crippen LogP contribution in [0.4, 0.5) is 0 Å². The fourth-order valence-corrected chi connectivity index (χ4v) is 2.33. The first-order chi connectivity index (χ1) is 11.2. The minimum atomic E-state index is -0.00197. The summed E-state index contributed by atoms with van der Waals surface area (Å²) in [4.78, 5) is 14.1. The Morgan fingerprint density at radius 2 is 1.87 bits per heavy atom. The van der Waals surface area contributed by atoms with Gasteiger partial charge in [-0.25, -0.2) is 0 Å². The summed E-state index contributed by atoms with van der Waals surface area (Å²) in [6.07, 6.45) is 0. The molecule has 2 aromatic carbocycles. The molecule has 0 fully saturated rings. The van der Waals surface area contributed by atoms with Crippen molar-refractivity contribution >= 4 is 5.91 Å². The van der Waals surface area contributed by atoms with Gasteiger partial charge in [-0.15, -0.1) is 0 Å². The number of nitriles is 1. The smallest absolute Gasteiger partial charge is 0.253 e. The zero-order chi connectivity index (χ0) is 16.7. The van der Waals surface area contributed by atoms with Crippen molar-refractivity contribution in [2.75, 3.05) is 13.1 Å². The first-order valence-electron chi connectivity index (χ1n) is 7.69. The maximum absolute atomic E-state index is 12.4. The molecule has 23 heavy (non-hydrogen) atoms. The van der Waals surface area contributed by atoms with Crippen molar-refractivity contribution in [3.05, 3.63) is 65.2 Å². The topological polar surface area (TPSA) is 53.3 Å². The fourth-order valence-electron chi connectivity index (χ4n) is 2.33. The maximum Gasteiger partial charge on any atom is 0.253 e. The molecule has 0 bridgehead atoms. The van der Waals surface area contributed by atoms with Crippen molar-refractivity contribution in [2.45, 2.75) is 20.5 Å². The highest BCUT2D eigenvalue weighted by molar-refractivity contribution is 5.94. The molecule has 0 N–H and O–H groups in total. The molecule has 4 nitrogen and oxygen atoms in total. The molecule has 2 rings (SSSR count). The number of benzene rings is 2. The minimum Gasteiger partial charge on any atom is -0.489 e. The Bertz CT molecular complexity index is 715. The predicted octanol–water partition coefficient (Wildman–Crippen LogP) is 3.62. The summed E-state index contributed by atoms with van der Waals surface area (Å²) in [5.74, 6) is 0.619. The van der Waals surface area contributed by atoms with Crippen molar-refractivity contribution in [3.63, 3.8) is 0 Å². The second kappa shape index (κ2) is 8.00. The van der Waals surface area contributed by atoms with Gasteiger partial charge in [0.05, 0.1) is 11.6 Å². The van der Waals surface area contributed by atoms with Crippen molar-refractivity contribution in [1.82, 2.24) is 4.90 Å². The Kier molecular flexibility index (Phi) is 5.76. The summed E-state index contributed by atoms with van der Waals surface area (Å²) in [6.45, 7) is 5.57. The van der Waals surface area contributed by atoms with Gasteiger partial charge in [0.25, 0.3) is 5.91 Å². The van der Waals surface area contributed by atoms with Gasteiger partial charge in [-0.3, -0.25) is 4.79 Å². The van der Waals surface area contributed by atoms with Gasteiger partial charge in [-0.05, 0) is 38.1 Å². The van der Waals surface area contributed by atoms with Crippen LogP contribution in [-0.2, 0) is 6.61 Å². The monoisotopic (exact) mass is 308 g/mol. The molecule has 118 valence electrons. The van der Waals surface area contributed by atoms with Crippen LogP contribution in [0.5, 0.6) is 5.75 Å². The van der Waals surface area contributed by atoms with Gasteiger partial charge in [0.2, 0.25) is 0 Å². The molecular formula is C19H20N2O2. The highest BCUT2D eigenvalue weighted by Crippen LogP contribution is 2.18. The van der Waals surface area contributed by atoms with E-state index in [4.69, 9.17) is 10.00 Å². The molecule has 1 amide bonds. The zero-order valence-electron chi connectivity index (χ0n) is 13.5. The number of hydrogen-bond donors (Lipinski definition) is 0. The van der Waals surface area contributed by atoms with Crippen molar-refractivity contribution < 1.29 is 9.53 Å². The van der Waals surface area contributed by atoms with E-state index in [1.807, 2.05) is 44.2 Å². The maximum atomic E-state index is 12.4. The predicted molar refractivity (Wildman–Crippen MR) is 89.2 cm³/mol. The molecule has 0 atom stereocenters. The van der Waals surface area contributed by atoms with Gasteiger partial charge in [0, 0.05) is 24.2 Å². The lowest BCUT2D eigenvalue weighted by Gasteiger charge is -2.19. The fraction of sp³-hybridized carbons (Fsp3) is 0.263. The van der Waals surface area contributed by atoms with Crippen LogP contribution in [0.3, 0.4) is 0 Å². The molecular weight excluding hydrogens is 288 g/mol. The van der Waals surface area contributed by atoms with Crippen LogP contribution in [0.25, 0.3) is 0 Å². The van der Waals surface area contributed by atoms with E-state index in [1.54, 1.807) is 23.1 Å². The number of ether oxygens (including phenoxy) is 1. The van der Waals surface area contributed by atoms with Gasteiger partial charge >= 0.3 is 0 Å². The highest BCUT2D eigenvalue weighted by Gasteiger charge is 2.13. The number of nitrogens with zero attached hydrogens (tertiary/aromatic N) is 2. The Morgan fingerprint density at radius 3 is 2.57 bits per heavy atom. The average molecular weight is 308 g/mol. The zero-order valence-corrected chi connectivity index (χ0v) is 13.5. The number of rotatable bonds is 6. The Morgan fingerprint density at radius 1 is 1.13 bits per heavy atom. The first-order valence-corrected chi connectivity index (χ1v) is 7.69. The summed E-state index contributed by atoms with van der Waals surface area (Å²) in [7, 11) is 0. The van der Waals surface area contributed by atoms with Crippen molar-refractivity contribution in [3.8, 4) is 11.8 Å². The van der Waals surface area contributed by atoms with Crippen molar-refractivity contribution in [2.24, 2.45) is 0 Å². The van der Waals surface area contributed by atoms with Gasteiger partial charge in [0.1, 0.15) is 12.4 Å². The largest absolute Gasteiger partial charge is 0.489 e. The highest BCUT2D eigenvalue weighted by atomic mass is 16.5. The Hall–Kier alpha value is -2.80. The van der Waals surface area contributed by atoms with E-state index < -0.39 is 0 Å². The molecule has 0 aliphatic rings. The molecule has 0 saturated carbocycles. The third-order valence-corrected chi connectivity index (χ3v) is 3.66. The van der Waals surface area contributed by atoms with Crippen LogP contribution in [0, 0.1) is 11.3 Å². The normalized spacial score (nSPS) is 9.96. The lowest BCUT2D eigenvalue weighted by molar-refractivity contribution is 0.0772. The van der Waals surface area contributed by atoms with E-state index in [1.165, 1.54) is 0 Å². The molecule has 0 aliphatic heterocycles. The SMILES string of the molecule is CCN(CC)C(=O)c1cccc(OCc2ccccc2C#N)c1. The summed E-state index contributed by atoms with van der Waals surface area (Å²) < 4.78 is 5.75. The number of carbonyl (C=O) groups excluding carboxylic acids is 1. The van der Waals surface area contributed by atoms with E-state index in [0.29, 0.717) is 36.6 Å².